The average Bonchev–Trinajstić information content (AvgIpc) is 3.57. The number of ketones is 1. The number of benzene rings is 2. The Morgan fingerprint density at radius 2 is 1.81 bits per heavy atom. The molecule has 4 aliphatic rings. The zero-order valence-corrected chi connectivity index (χ0v) is 19.7. The van der Waals surface area contributed by atoms with Crippen molar-refractivity contribution in [1.29, 1.82) is 0 Å². The van der Waals surface area contributed by atoms with E-state index < -0.39 is 28.8 Å². The van der Waals surface area contributed by atoms with Crippen LogP contribution in [0.5, 0.6) is 0 Å². The molecule has 3 saturated heterocycles. The molecule has 0 radical (unpaired) electrons. The zero-order chi connectivity index (χ0) is 25.1. The summed E-state index contributed by atoms with van der Waals surface area (Å²) in [7, 11) is 0. The molecule has 0 saturated carbocycles. The van der Waals surface area contributed by atoms with E-state index in [0.29, 0.717) is 6.61 Å². The number of nitrogens with zero attached hydrogens (tertiary/aromatic N) is 3. The topological polar surface area (TPSA) is 110 Å². The van der Waals surface area contributed by atoms with Crippen molar-refractivity contribution in [1.82, 2.24) is 4.90 Å². The summed E-state index contributed by atoms with van der Waals surface area (Å²) in [4.78, 5) is 55.2. The molecule has 0 N–H and O–H groups in total. The monoisotopic (exact) mass is 487 g/mol. The first-order valence-corrected chi connectivity index (χ1v) is 12.2. The number of anilines is 1. The molecule has 36 heavy (non-hydrogen) atoms. The predicted octanol–water partition coefficient (Wildman–Crippen LogP) is 3.23. The maximum Gasteiger partial charge on any atom is 0.269 e. The Kier molecular flexibility index (Phi) is 5.26. The molecule has 6 rings (SSSR count). The van der Waals surface area contributed by atoms with Crippen LogP contribution in [0.3, 0.4) is 0 Å². The number of carbonyl (C=O) groups is 3. The number of hydrogen-bond acceptors (Lipinski definition) is 7. The molecule has 0 aliphatic carbocycles. The summed E-state index contributed by atoms with van der Waals surface area (Å²) in [6.45, 7) is 2.79. The fourth-order valence-corrected chi connectivity index (χ4v) is 6.25. The summed E-state index contributed by atoms with van der Waals surface area (Å²) >= 11 is 0. The third-order valence-corrected chi connectivity index (χ3v) is 7.89. The fourth-order valence-electron chi connectivity index (χ4n) is 6.25. The zero-order valence-electron chi connectivity index (χ0n) is 19.7. The molecule has 0 bridgehead atoms. The van der Waals surface area contributed by atoms with Gasteiger partial charge in [-0.15, -0.1) is 0 Å². The molecule has 2 aromatic carbocycles. The van der Waals surface area contributed by atoms with Crippen LogP contribution in [-0.2, 0) is 14.3 Å². The van der Waals surface area contributed by atoms with Gasteiger partial charge in [-0.3, -0.25) is 29.4 Å². The van der Waals surface area contributed by atoms with Gasteiger partial charge in [0.15, 0.2) is 5.78 Å². The molecule has 0 spiro atoms. The van der Waals surface area contributed by atoms with E-state index in [4.69, 9.17) is 4.74 Å². The minimum atomic E-state index is -0.905. The Hall–Kier alpha value is -3.85. The molecule has 0 aromatic heterocycles. The first-order valence-electron chi connectivity index (χ1n) is 12.2. The highest BCUT2D eigenvalue weighted by molar-refractivity contribution is 6.14. The largest absolute Gasteiger partial charge is 0.376 e. The lowest BCUT2D eigenvalue weighted by molar-refractivity contribution is -0.384. The van der Waals surface area contributed by atoms with E-state index in [2.05, 4.69) is 0 Å². The number of fused-ring (bicyclic) bond motifs is 5. The van der Waals surface area contributed by atoms with Crippen LogP contribution in [0.25, 0.3) is 5.57 Å². The molecular weight excluding hydrogens is 462 g/mol. The number of carbonyl (C=O) groups excluding carboxylic acids is 3. The van der Waals surface area contributed by atoms with Gasteiger partial charge in [0, 0.05) is 35.6 Å². The third kappa shape index (κ3) is 3.30. The SMILES string of the molecule is CC1=C[C@@H]2[C@H]3C(=O)N(C[C@@H]4CCCO4)C(=O)[C@@H]3[C@@H](C(=O)c3ccc([N+](=O)[O-])cc3)N2c2ccccc21. The van der Waals surface area contributed by atoms with Crippen LogP contribution < -0.4 is 4.90 Å². The minimum Gasteiger partial charge on any atom is -0.376 e. The van der Waals surface area contributed by atoms with Crippen molar-refractivity contribution >= 4 is 34.5 Å². The molecule has 4 aliphatic heterocycles. The molecule has 3 fully saturated rings. The van der Waals surface area contributed by atoms with Crippen LogP contribution in [-0.4, -0.2) is 58.8 Å². The van der Waals surface area contributed by atoms with Gasteiger partial charge in [-0.25, -0.2) is 0 Å². The number of allylic oxidation sites excluding steroid dienone is 1. The van der Waals surface area contributed by atoms with Gasteiger partial charge in [0.05, 0.1) is 35.4 Å². The summed E-state index contributed by atoms with van der Waals surface area (Å²) in [5.74, 6) is -2.47. The van der Waals surface area contributed by atoms with Crippen LogP contribution in [0.4, 0.5) is 11.4 Å². The standard InChI is InChI=1S/C27H25N3O6/c1-15-13-21-22-23(27(33)28(26(22)32)14-18-5-4-12-36-18)24(29(21)20-7-3-2-6-19(15)20)25(31)16-8-10-17(11-9-16)30(34)35/h2-3,6-11,13,18,21-24H,4-5,12,14H2,1H3/t18-,21+,22+,23-,24-/m0/s1. The average molecular weight is 488 g/mol. The quantitative estimate of drug-likeness (QED) is 0.276. The number of likely N-dealkylation sites (tertiary alicyclic amines) is 1. The summed E-state index contributed by atoms with van der Waals surface area (Å²) in [6, 6.07) is 11.7. The van der Waals surface area contributed by atoms with Crippen molar-refractivity contribution in [3.8, 4) is 0 Å². The van der Waals surface area contributed by atoms with Crippen molar-refractivity contribution in [3.05, 3.63) is 75.8 Å². The van der Waals surface area contributed by atoms with Crippen molar-refractivity contribution in [2.75, 3.05) is 18.1 Å². The Bertz CT molecular complexity index is 1310. The lowest BCUT2D eigenvalue weighted by Crippen LogP contribution is -2.49. The van der Waals surface area contributed by atoms with Crippen molar-refractivity contribution in [2.45, 2.75) is 38.0 Å². The van der Waals surface area contributed by atoms with Gasteiger partial charge >= 0.3 is 0 Å². The van der Waals surface area contributed by atoms with Gasteiger partial charge in [0.2, 0.25) is 11.8 Å². The van der Waals surface area contributed by atoms with Gasteiger partial charge in [-0.1, -0.05) is 24.3 Å². The first-order chi connectivity index (χ1) is 17.4. The maximum absolute atomic E-state index is 14.0. The molecule has 9 heteroatoms. The van der Waals surface area contributed by atoms with E-state index in [-0.39, 0.29) is 41.5 Å². The van der Waals surface area contributed by atoms with Crippen molar-refractivity contribution in [2.24, 2.45) is 11.8 Å². The normalized spacial score (nSPS) is 28.6. The smallest absolute Gasteiger partial charge is 0.269 e. The van der Waals surface area contributed by atoms with Crippen LogP contribution >= 0.6 is 0 Å². The van der Waals surface area contributed by atoms with Gasteiger partial charge < -0.3 is 9.64 Å². The first kappa shape index (κ1) is 22.6. The highest BCUT2D eigenvalue weighted by atomic mass is 16.6. The van der Waals surface area contributed by atoms with Crippen LogP contribution in [0.1, 0.15) is 35.7 Å². The van der Waals surface area contributed by atoms with Gasteiger partial charge in [-0.2, -0.15) is 0 Å². The lowest BCUT2D eigenvalue weighted by atomic mass is 9.85. The molecule has 5 atom stereocenters. The second-order valence-corrected chi connectivity index (χ2v) is 9.85. The van der Waals surface area contributed by atoms with Gasteiger partial charge in [-0.05, 0) is 43.5 Å². The Morgan fingerprint density at radius 1 is 1.08 bits per heavy atom. The van der Waals surface area contributed by atoms with E-state index in [1.807, 2.05) is 42.2 Å². The Balaban J connectivity index is 1.44. The van der Waals surface area contributed by atoms with E-state index in [1.54, 1.807) is 0 Å². The molecule has 184 valence electrons. The Labute approximate surface area is 207 Å². The fraction of sp³-hybridized carbons (Fsp3) is 0.370. The lowest BCUT2D eigenvalue weighted by Gasteiger charge is -2.38. The number of hydrogen-bond donors (Lipinski definition) is 0. The van der Waals surface area contributed by atoms with Gasteiger partial charge in [0.25, 0.3) is 5.69 Å². The van der Waals surface area contributed by atoms with Crippen molar-refractivity contribution < 1.29 is 24.0 Å². The van der Waals surface area contributed by atoms with E-state index in [1.165, 1.54) is 29.2 Å². The summed E-state index contributed by atoms with van der Waals surface area (Å²) in [5.41, 5.74) is 2.90. The highest BCUT2D eigenvalue weighted by Crippen LogP contribution is 2.50. The summed E-state index contributed by atoms with van der Waals surface area (Å²) in [5, 5.41) is 11.1. The van der Waals surface area contributed by atoms with E-state index >= 15 is 0 Å². The number of para-hydroxylation sites is 1. The van der Waals surface area contributed by atoms with Crippen molar-refractivity contribution in [3.63, 3.8) is 0 Å². The number of nitro benzene ring substituents is 1. The molecule has 4 heterocycles. The molecule has 2 aromatic rings. The summed E-state index contributed by atoms with van der Waals surface area (Å²) < 4.78 is 5.69. The number of imide groups is 1. The van der Waals surface area contributed by atoms with Crippen LogP contribution in [0.15, 0.2) is 54.6 Å². The van der Waals surface area contributed by atoms with Crippen LogP contribution in [0, 0.1) is 22.0 Å². The molecule has 2 amide bonds. The second kappa shape index (κ2) is 8.37. The maximum atomic E-state index is 14.0. The Morgan fingerprint density at radius 3 is 2.50 bits per heavy atom. The minimum absolute atomic E-state index is 0.120. The van der Waals surface area contributed by atoms with Gasteiger partial charge in [0.1, 0.15) is 6.04 Å². The molecule has 9 nitrogen and oxygen atoms in total. The van der Waals surface area contributed by atoms with E-state index in [9.17, 15) is 24.5 Å². The molecule has 0 unspecified atom stereocenters. The summed E-state index contributed by atoms with van der Waals surface area (Å²) in [6.07, 6.45) is 3.49. The number of Topliss-reactive ketones (excluding diaryl/α,β-unsaturated/α-hetero) is 1. The second-order valence-electron chi connectivity index (χ2n) is 9.85. The number of ether oxygens (including phenoxy) is 1. The van der Waals surface area contributed by atoms with E-state index in [0.717, 1.165) is 29.7 Å². The number of non-ortho nitro benzene ring substituents is 1. The molecular formula is C27H25N3O6. The predicted molar refractivity (Wildman–Crippen MR) is 130 cm³/mol. The number of nitro groups is 1. The highest BCUT2D eigenvalue weighted by Gasteiger charge is 2.64. The number of amides is 2. The number of rotatable bonds is 5. The van der Waals surface area contributed by atoms with Crippen LogP contribution in [0.2, 0.25) is 0 Å². The third-order valence-electron chi connectivity index (χ3n) is 7.89.